The average molecular weight is 480 g/mol. The van der Waals surface area contributed by atoms with E-state index >= 15 is 0 Å². The van der Waals surface area contributed by atoms with Crippen LogP contribution in [-0.4, -0.2) is 25.7 Å². The number of nitrogens with one attached hydrogen (secondary N) is 1. The monoisotopic (exact) mass is 479 g/mol. The Kier molecular flexibility index (Phi) is 5.00. The number of fused-ring (bicyclic) bond motifs is 1. The minimum atomic E-state index is -0.313. The molecule has 4 aliphatic carbocycles. The molecule has 1 N–H and O–H groups in total. The minimum Gasteiger partial charge on any atom is -0.344 e. The second-order valence-corrected chi connectivity index (χ2v) is 12.4. The lowest BCUT2D eigenvalue weighted by atomic mass is 9.49. The third kappa shape index (κ3) is 3.46. The number of benzene rings is 1. The standard InChI is InChI=1S/C26H29N3O2S2/c1-15(2)28-14-19(20-5-3-4-6-21(20)28)10-22-23(30)29(25(32)33-22)27-24(31)26-11-16-7-17(12-26)9-18(8-16)13-26/h3-6,10,14-18H,7-9,11-13H2,1-2H3,(H,27,31)/b22-10+. The molecule has 1 aromatic carbocycles. The maximum atomic E-state index is 13.5. The largest absolute Gasteiger partial charge is 0.344 e. The van der Waals surface area contributed by atoms with E-state index in [9.17, 15) is 9.59 Å². The molecule has 0 unspecified atom stereocenters. The fraction of sp³-hybridized carbons (Fsp3) is 0.500. The van der Waals surface area contributed by atoms with E-state index in [1.54, 1.807) is 0 Å². The maximum absolute atomic E-state index is 13.5. The van der Waals surface area contributed by atoms with Crippen molar-refractivity contribution in [2.24, 2.45) is 23.2 Å². The van der Waals surface area contributed by atoms with Crippen LogP contribution in [0, 0.1) is 23.2 Å². The molecule has 0 spiro atoms. The SMILES string of the molecule is CC(C)n1cc(/C=C2/SC(=S)N(NC(=O)C34CC5CC(CC(C5)C3)C4)C2=O)c2ccccc21. The van der Waals surface area contributed by atoms with Gasteiger partial charge in [-0.15, -0.1) is 0 Å². The predicted molar refractivity (Wildman–Crippen MR) is 136 cm³/mol. The lowest BCUT2D eigenvalue weighted by Crippen LogP contribution is -2.57. The van der Waals surface area contributed by atoms with Crippen LogP contribution in [0.2, 0.25) is 0 Å². The number of nitrogens with zero attached hydrogens (tertiary/aromatic N) is 2. The quantitative estimate of drug-likeness (QED) is 0.453. The lowest BCUT2D eigenvalue weighted by molar-refractivity contribution is -0.152. The highest BCUT2D eigenvalue weighted by Gasteiger charge is 2.55. The lowest BCUT2D eigenvalue weighted by Gasteiger charge is -2.55. The maximum Gasteiger partial charge on any atom is 0.285 e. The molecule has 1 aromatic heterocycles. The highest BCUT2D eigenvalue weighted by Crippen LogP contribution is 2.60. The van der Waals surface area contributed by atoms with Crippen molar-refractivity contribution >= 4 is 57.1 Å². The van der Waals surface area contributed by atoms with Crippen LogP contribution >= 0.6 is 24.0 Å². The van der Waals surface area contributed by atoms with Crippen molar-refractivity contribution in [2.75, 3.05) is 0 Å². The molecule has 2 heterocycles. The highest BCUT2D eigenvalue weighted by molar-refractivity contribution is 8.26. The zero-order chi connectivity index (χ0) is 22.9. The molecule has 7 rings (SSSR count). The van der Waals surface area contributed by atoms with Crippen LogP contribution in [0.1, 0.15) is 64.0 Å². The molecule has 7 heteroatoms. The Morgan fingerprint density at radius 1 is 1.15 bits per heavy atom. The van der Waals surface area contributed by atoms with E-state index in [4.69, 9.17) is 12.2 Å². The first-order valence-corrected chi connectivity index (χ1v) is 13.2. The Labute approximate surface area is 203 Å². The zero-order valence-electron chi connectivity index (χ0n) is 19.0. The smallest absolute Gasteiger partial charge is 0.285 e. The van der Waals surface area contributed by atoms with Crippen LogP contribution in [0.15, 0.2) is 35.4 Å². The number of hydrazine groups is 1. The number of hydrogen-bond donors (Lipinski definition) is 1. The third-order valence-electron chi connectivity index (χ3n) is 8.14. The molecule has 4 bridgehead atoms. The molecule has 0 atom stereocenters. The fourth-order valence-electron chi connectivity index (χ4n) is 7.09. The first-order chi connectivity index (χ1) is 15.8. The van der Waals surface area contributed by atoms with Gasteiger partial charge in [-0.05, 0) is 94.5 Å². The third-order valence-corrected chi connectivity index (χ3v) is 9.44. The van der Waals surface area contributed by atoms with Crippen molar-refractivity contribution in [2.45, 2.75) is 58.4 Å². The van der Waals surface area contributed by atoms with Gasteiger partial charge in [-0.3, -0.25) is 15.0 Å². The second kappa shape index (κ2) is 7.70. The molecule has 5 aliphatic rings. The number of hydrogen-bond acceptors (Lipinski definition) is 4. The van der Waals surface area contributed by atoms with Gasteiger partial charge in [0.05, 0.1) is 10.3 Å². The van der Waals surface area contributed by atoms with E-state index in [2.05, 4.69) is 42.2 Å². The summed E-state index contributed by atoms with van der Waals surface area (Å²) in [7, 11) is 0. The van der Waals surface area contributed by atoms with E-state index in [-0.39, 0.29) is 17.2 Å². The van der Waals surface area contributed by atoms with Crippen molar-refractivity contribution < 1.29 is 9.59 Å². The van der Waals surface area contributed by atoms with Crippen LogP contribution in [0.25, 0.3) is 17.0 Å². The molecule has 2 amide bonds. The fourth-order valence-corrected chi connectivity index (χ4v) is 8.26. The zero-order valence-corrected chi connectivity index (χ0v) is 20.7. The Balaban J connectivity index is 1.25. The van der Waals surface area contributed by atoms with E-state index in [0.717, 1.165) is 35.7 Å². The topological polar surface area (TPSA) is 54.3 Å². The summed E-state index contributed by atoms with van der Waals surface area (Å²) in [4.78, 5) is 27.3. The molecule has 0 radical (unpaired) electrons. The Hall–Kier alpha value is -2.12. The number of carbonyl (C=O) groups is 2. The summed E-state index contributed by atoms with van der Waals surface area (Å²) in [5.74, 6) is 1.78. The van der Waals surface area contributed by atoms with Gasteiger partial charge in [0.15, 0.2) is 4.32 Å². The number of rotatable bonds is 4. The highest BCUT2D eigenvalue weighted by atomic mass is 32.2. The number of aromatic nitrogens is 1. The van der Waals surface area contributed by atoms with Crippen LogP contribution in [0.5, 0.6) is 0 Å². The molecular formula is C26H29N3O2S2. The van der Waals surface area contributed by atoms with Crippen molar-refractivity contribution in [3.63, 3.8) is 0 Å². The van der Waals surface area contributed by atoms with Gasteiger partial charge in [0.1, 0.15) is 0 Å². The summed E-state index contributed by atoms with van der Waals surface area (Å²) in [6.45, 7) is 4.30. The summed E-state index contributed by atoms with van der Waals surface area (Å²) in [5.41, 5.74) is 4.77. The van der Waals surface area contributed by atoms with Gasteiger partial charge in [0.2, 0.25) is 5.91 Å². The van der Waals surface area contributed by atoms with Crippen LogP contribution in [0.4, 0.5) is 0 Å². The predicted octanol–water partition coefficient (Wildman–Crippen LogP) is 5.67. The molecule has 33 heavy (non-hydrogen) atoms. The first kappa shape index (κ1) is 21.4. The summed E-state index contributed by atoms with van der Waals surface area (Å²) in [5, 5.41) is 2.42. The molecular weight excluding hydrogens is 450 g/mol. The molecule has 5 nitrogen and oxygen atoms in total. The average Bonchev–Trinajstić information content (AvgIpc) is 3.26. The number of thioether (sulfide) groups is 1. The van der Waals surface area contributed by atoms with Crippen molar-refractivity contribution in [1.29, 1.82) is 0 Å². The van der Waals surface area contributed by atoms with E-state index in [0.29, 0.717) is 33.0 Å². The Bertz CT molecular complexity index is 1180. The normalized spacial score (nSPS) is 32.0. The summed E-state index contributed by atoms with van der Waals surface area (Å²) in [6, 6.07) is 8.54. The molecule has 2 aromatic rings. The van der Waals surface area contributed by atoms with Gasteiger partial charge in [0, 0.05) is 28.7 Å². The van der Waals surface area contributed by atoms with Crippen molar-refractivity contribution in [3.05, 3.63) is 40.9 Å². The molecule has 5 fully saturated rings. The van der Waals surface area contributed by atoms with Gasteiger partial charge < -0.3 is 4.57 Å². The summed E-state index contributed by atoms with van der Waals surface area (Å²) in [6.07, 6.45) is 10.7. The van der Waals surface area contributed by atoms with Gasteiger partial charge in [-0.2, -0.15) is 5.01 Å². The molecule has 1 aliphatic heterocycles. The van der Waals surface area contributed by atoms with Gasteiger partial charge in [0.25, 0.3) is 5.91 Å². The van der Waals surface area contributed by atoms with E-state index in [1.807, 2.05) is 18.2 Å². The van der Waals surface area contributed by atoms with Gasteiger partial charge in [-0.25, -0.2) is 0 Å². The number of amides is 2. The van der Waals surface area contributed by atoms with Gasteiger partial charge >= 0.3 is 0 Å². The first-order valence-electron chi connectivity index (χ1n) is 12.0. The summed E-state index contributed by atoms with van der Waals surface area (Å²) >= 11 is 6.79. The van der Waals surface area contributed by atoms with Crippen LogP contribution < -0.4 is 5.43 Å². The van der Waals surface area contributed by atoms with Crippen molar-refractivity contribution in [3.8, 4) is 0 Å². The van der Waals surface area contributed by atoms with Crippen LogP contribution in [0.3, 0.4) is 0 Å². The van der Waals surface area contributed by atoms with Crippen LogP contribution in [-0.2, 0) is 9.59 Å². The Morgan fingerprint density at radius 3 is 2.42 bits per heavy atom. The number of carbonyl (C=O) groups excluding carboxylic acids is 2. The number of para-hydroxylation sites is 1. The second-order valence-electron chi connectivity index (χ2n) is 10.8. The molecule has 1 saturated heterocycles. The number of thiocarbonyl (C=S) groups is 1. The minimum absolute atomic E-state index is 0.00411. The van der Waals surface area contributed by atoms with Gasteiger partial charge in [-0.1, -0.05) is 30.0 Å². The molecule has 4 saturated carbocycles. The van der Waals surface area contributed by atoms with Crippen molar-refractivity contribution in [1.82, 2.24) is 15.0 Å². The van der Waals surface area contributed by atoms with E-state index in [1.165, 1.54) is 36.0 Å². The molecule has 172 valence electrons. The summed E-state index contributed by atoms with van der Waals surface area (Å²) < 4.78 is 2.62. The Morgan fingerprint density at radius 2 is 1.79 bits per heavy atom. The van der Waals surface area contributed by atoms with E-state index < -0.39 is 0 Å².